The van der Waals surface area contributed by atoms with Gasteiger partial charge in [0.05, 0.1) is 7.11 Å². The Bertz CT molecular complexity index is 874. The average molecular weight is 413 g/mol. The molecule has 0 aromatic heterocycles. The van der Waals surface area contributed by atoms with Crippen LogP contribution >= 0.6 is 0 Å². The summed E-state index contributed by atoms with van der Waals surface area (Å²) in [4.78, 5) is 27.5. The van der Waals surface area contributed by atoms with E-state index in [1.165, 1.54) is 0 Å². The van der Waals surface area contributed by atoms with Crippen molar-refractivity contribution in [3.8, 4) is 11.5 Å². The van der Waals surface area contributed by atoms with E-state index in [0.717, 1.165) is 11.1 Å². The molecule has 2 aromatic rings. The summed E-state index contributed by atoms with van der Waals surface area (Å²) in [5.41, 5.74) is 1.65. The molecule has 6 nitrogen and oxygen atoms in total. The maximum atomic E-state index is 13.1. The molecule has 0 unspecified atom stereocenters. The first-order valence-corrected chi connectivity index (χ1v) is 10.0. The smallest absolute Gasteiger partial charge is 0.261 e. The standard InChI is InChI=1S/C24H32N2O4/c1-17-11-7-8-12-19(17)15-26(18(2)23(28)25-24(3,4)5)22(27)16-30-21-14-10-9-13-20(21)29-6/h7-14,18H,15-16H2,1-6H3,(H,25,28)/t18-/m1/s1. The second-order valence-electron chi connectivity index (χ2n) is 8.30. The molecule has 0 heterocycles. The van der Waals surface area contributed by atoms with Crippen LogP contribution in [0.25, 0.3) is 0 Å². The Labute approximate surface area is 179 Å². The number of benzene rings is 2. The Kier molecular flexibility index (Phi) is 7.86. The molecular formula is C24H32N2O4. The Morgan fingerprint density at radius 2 is 1.63 bits per heavy atom. The summed E-state index contributed by atoms with van der Waals surface area (Å²) in [6, 6.07) is 14.3. The van der Waals surface area contributed by atoms with Crippen molar-refractivity contribution < 1.29 is 19.1 Å². The summed E-state index contributed by atoms with van der Waals surface area (Å²) in [6.45, 7) is 9.59. The van der Waals surface area contributed by atoms with Gasteiger partial charge in [-0.25, -0.2) is 0 Å². The molecule has 0 spiro atoms. The van der Waals surface area contributed by atoms with Crippen LogP contribution in [0, 0.1) is 6.92 Å². The number of hydrogen-bond donors (Lipinski definition) is 1. The minimum Gasteiger partial charge on any atom is -0.493 e. The number of carbonyl (C=O) groups excluding carboxylic acids is 2. The van der Waals surface area contributed by atoms with E-state index in [1.54, 1.807) is 31.1 Å². The van der Waals surface area contributed by atoms with Crippen LogP contribution < -0.4 is 14.8 Å². The van der Waals surface area contributed by atoms with Crippen molar-refractivity contribution in [2.45, 2.75) is 52.7 Å². The average Bonchev–Trinajstić information content (AvgIpc) is 2.69. The molecule has 2 amide bonds. The Balaban J connectivity index is 2.22. The topological polar surface area (TPSA) is 67.9 Å². The quantitative estimate of drug-likeness (QED) is 0.718. The van der Waals surface area contributed by atoms with Crippen molar-refractivity contribution >= 4 is 11.8 Å². The molecule has 2 aromatic carbocycles. The number of carbonyl (C=O) groups is 2. The minimum absolute atomic E-state index is 0.195. The van der Waals surface area contributed by atoms with Gasteiger partial charge >= 0.3 is 0 Å². The SMILES string of the molecule is COc1ccccc1OCC(=O)N(Cc1ccccc1C)[C@H](C)C(=O)NC(C)(C)C. The van der Waals surface area contributed by atoms with Gasteiger partial charge in [0.15, 0.2) is 18.1 Å². The molecule has 162 valence electrons. The Morgan fingerprint density at radius 1 is 1.03 bits per heavy atom. The number of ether oxygens (including phenoxy) is 2. The molecule has 1 N–H and O–H groups in total. The third-order valence-corrected chi connectivity index (χ3v) is 4.69. The molecule has 0 aliphatic heterocycles. The van der Waals surface area contributed by atoms with Gasteiger partial charge in [-0.3, -0.25) is 9.59 Å². The van der Waals surface area contributed by atoms with E-state index in [-0.39, 0.29) is 18.4 Å². The Hall–Kier alpha value is -3.02. The first-order valence-electron chi connectivity index (χ1n) is 10.0. The predicted molar refractivity (Wildman–Crippen MR) is 118 cm³/mol. The lowest BCUT2D eigenvalue weighted by Gasteiger charge is -2.31. The van der Waals surface area contributed by atoms with Crippen molar-refractivity contribution in [2.75, 3.05) is 13.7 Å². The van der Waals surface area contributed by atoms with Gasteiger partial charge in [-0.2, -0.15) is 0 Å². The first-order chi connectivity index (χ1) is 14.1. The summed E-state index contributed by atoms with van der Waals surface area (Å²) >= 11 is 0. The van der Waals surface area contributed by atoms with Crippen molar-refractivity contribution in [1.82, 2.24) is 10.2 Å². The normalized spacial score (nSPS) is 12.1. The summed E-state index contributed by atoms with van der Waals surface area (Å²) in [5, 5.41) is 2.95. The van der Waals surface area contributed by atoms with Crippen molar-refractivity contribution in [3.63, 3.8) is 0 Å². The molecular weight excluding hydrogens is 380 g/mol. The number of hydrogen-bond acceptors (Lipinski definition) is 4. The molecule has 0 aliphatic rings. The number of aryl methyl sites for hydroxylation is 1. The van der Waals surface area contributed by atoms with Gasteiger partial charge in [-0.1, -0.05) is 36.4 Å². The monoisotopic (exact) mass is 412 g/mol. The lowest BCUT2D eigenvalue weighted by atomic mass is 10.1. The van der Waals surface area contributed by atoms with Gasteiger partial charge in [0.25, 0.3) is 5.91 Å². The van der Waals surface area contributed by atoms with Crippen molar-refractivity contribution in [3.05, 3.63) is 59.7 Å². The van der Waals surface area contributed by atoms with Crippen molar-refractivity contribution in [2.24, 2.45) is 0 Å². The van der Waals surface area contributed by atoms with Crippen LogP contribution in [0.3, 0.4) is 0 Å². The Morgan fingerprint density at radius 3 is 2.23 bits per heavy atom. The van der Waals surface area contributed by atoms with Crippen LogP contribution in [-0.2, 0) is 16.1 Å². The van der Waals surface area contributed by atoms with Crippen LogP contribution in [0.4, 0.5) is 0 Å². The highest BCUT2D eigenvalue weighted by molar-refractivity contribution is 5.88. The van der Waals surface area contributed by atoms with E-state index >= 15 is 0 Å². The molecule has 0 aliphatic carbocycles. The van der Waals surface area contributed by atoms with E-state index in [9.17, 15) is 9.59 Å². The minimum atomic E-state index is -0.655. The third-order valence-electron chi connectivity index (χ3n) is 4.69. The second kappa shape index (κ2) is 10.1. The van der Waals surface area contributed by atoms with Crippen molar-refractivity contribution in [1.29, 1.82) is 0 Å². The maximum absolute atomic E-state index is 13.1. The highest BCUT2D eigenvalue weighted by Crippen LogP contribution is 2.26. The fourth-order valence-corrected chi connectivity index (χ4v) is 2.99. The fraction of sp³-hybridized carbons (Fsp3) is 0.417. The van der Waals surface area contributed by atoms with Gasteiger partial charge in [-0.05, 0) is 57.9 Å². The lowest BCUT2D eigenvalue weighted by molar-refractivity contribution is -0.142. The highest BCUT2D eigenvalue weighted by atomic mass is 16.5. The van der Waals surface area contributed by atoms with E-state index in [1.807, 2.05) is 64.1 Å². The van der Waals surface area contributed by atoms with E-state index < -0.39 is 11.6 Å². The summed E-state index contributed by atoms with van der Waals surface area (Å²) in [5.74, 6) is 0.549. The zero-order chi connectivity index (χ0) is 22.3. The largest absolute Gasteiger partial charge is 0.493 e. The van der Waals surface area contributed by atoms with Crippen LogP contribution in [0.1, 0.15) is 38.8 Å². The summed E-state index contributed by atoms with van der Waals surface area (Å²) in [7, 11) is 1.55. The van der Waals surface area contributed by atoms with Gasteiger partial charge in [0.2, 0.25) is 5.91 Å². The van der Waals surface area contributed by atoms with E-state index in [2.05, 4.69) is 5.32 Å². The maximum Gasteiger partial charge on any atom is 0.261 e. The highest BCUT2D eigenvalue weighted by Gasteiger charge is 2.29. The van der Waals surface area contributed by atoms with Gasteiger partial charge < -0.3 is 19.7 Å². The van der Waals surface area contributed by atoms with Crippen LogP contribution in [0.2, 0.25) is 0 Å². The number of nitrogens with zero attached hydrogens (tertiary/aromatic N) is 1. The van der Waals surface area contributed by atoms with Gasteiger partial charge in [0.1, 0.15) is 6.04 Å². The molecule has 0 bridgehead atoms. The first kappa shape index (κ1) is 23.3. The molecule has 1 atom stereocenters. The lowest BCUT2D eigenvalue weighted by Crippen LogP contribution is -2.53. The molecule has 0 saturated carbocycles. The number of para-hydroxylation sites is 2. The van der Waals surface area contributed by atoms with Gasteiger partial charge in [0, 0.05) is 12.1 Å². The number of rotatable bonds is 8. The third kappa shape index (κ3) is 6.51. The molecule has 2 rings (SSSR count). The summed E-state index contributed by atoms with van der Waals surface area (Å²) < 4.78 is 11.0. The fourth-order valence-electron chi connectivity index (χ4n) is 2.99. The van der Waals surface area contributed by atoms with E-state index in [4.69, 9.17) is 9.47 Å². The molecule has 6 heteroatoms. The van der Waals surface area contributed by atoms with Crippen LogP contribution in [0.5, 0.6) is 11.5 Å². The van der Waals surface area contributed by atoms with Crippen LogP contribution in [0.15, 0.2) is 48.5 Å². The van der Waals surface area contributed by atoms with Gasteiger partial charge in [-0.15, -0.1) is 0 Å². The number of nitrogens with one attached hydrogen (secondary N) is 1. The number of amides is 2. The molecule has 0 radical (unpaired) electrons. The molecule has 0 saturated heterocycles. The zero-order valence-corrected chi connectivity index (χ0v) is 18.7. The zero-order valence-electron chi connectivity index (χ0n) is 18.7. The van der Waals surface area contributed by atoms with E-state index in [0.29, 0.717) is 18.0 Å². The predicted octanol–water partition coefficient (Wildman–Crippen LogP) is 3.71. The summed E-state index contributed by atoms with van der Waals surface area (Å²) in [6.07, 6.45) is 0. The molecule has 30 heavy (non-hydrogen) atoms. The number of methoxy groups -OCH3 is 1. The second-order valence-corrected chi connectivity index (χ2v) is 8.30. The van der Waals surface area contributed by atoms with Crippen LogP contribution in [-0.4, -0.2) is 42.0 Å². The molecule has 0 fully saturated rings.